The number of aromatic nitrogens is 2. The van der Waals surface area contributed by atoms with E-state index >= 15 is 0 Å². The van der Waals surface area contributed by atoms with E-state index in [1.54, 1.807) is 0 Å². The third-order valence-corrected chi connectivity index (χ3v) is 3.91. The maximum absolute atomic E-state index is 6.04. The molecule has 2 aromatic rings. The summed E-state index contributed by atoms with van der Waals surface area (Å²) in [5.74, 6) is 1.21. The Morgan fingerprint density at radius 1 is 1.33 bits per heavy atom. The molecule has 1 heterocycles. The van der Waals surface area contributed by atoms with Crippen molar-refractivity contribution < 1.29 is 9.26 Å². The molecule has 1 aromatic carbocycles. The van der Waals surface area contributed by atoms with Crippen LogP contribution in [0.1, 0.15) is 49.5 Å². The quantitative estimate of drug-likeness (QED) is 0.792. The Balaban J connectivity index is 1.73. The minimum Gasteiger partial charge on any atom is -0.379 e. The summed E-state index contributed by atoms with van der Waals surface area (Å²) in [5, 5.41) is 4.04. The molecule has 112 valence electrons. The average molecular weight is 287 g/mol. The number of nitrogens with zero attached hydrogens (tertiary/aromatic N) is 2. The van der Waals surface area contributed by atoms with Crippen molar-refractivity contribution in [1.82, 2.24) is 10.1 Å². The summed E-state index contributed by atoms with van der Waals surface area (Å²) >= 11 is 0. The summed E-state index contributed by atoms with van der Waals surface area (Å²) in [6.07, 6.45) is 3.06. The van der Waals surface area contributed by atoms with Gasteiger partial charge in [0.05, 0.1) is 18.1 Å². The summed E-state index contributed by atoms with van der Waals surface area (Å²) < 4.78 is 10.9. The Labute approximate surface area is 124 Å². The zero-order valence-electron chi connectivity index (χ0n) is 12.3. The van der Waals surface area contributed by atoms with Gasteiger partial charge in [0.25, 0.3) is 0 Å². The van der Waals surface area contributed by atoms with Gasteiger partial charge in [0.2, 0.25) is 5.89 Å². The molecule has 1 atom stereocenters. The number of nitrogens with two attached hydrogens (primary N) is 1. The molecule has 0 radical (unpaired) electrons. The zero-order chi connectivity index (χ0) is 14.7. The lowest BCUT2D eigenvalue weighted by molar-refractivity contribution is 0.119. The number of hydrogen-bond donors (Lipinski definition) is 1. The lowest BCUT2D eigenvalue weighted by Crippen LogP contribution is -2.19. The van der Waals surface area contributed by atoms with Crippen molar-refractivity contribution in [3.63, 3.8) is 0 Å². The molecule has 1 aliphatic rings. The van der Waals surface area contributed by atoms with Crippen LogP contribution in [-0.2, 0) is 10.2 Å². The highest BCUT2D eigenvalue weighted by Gasteiger charge is 2.51. The van der Waals surface area contributed by atoms with Crippen LogP contribution in [0.25, 0.3) is 0 Å². The maximum atomic E-state index is 6.04. The first-order valence-corrected chi connectivity index (χ1v) is 7.49. The van der Waals surface area contributed by atoms with Crippen molar-refractivity contribution in [2.24, 2.45) is 5.73 Å². The van der Waals surface area contributed by atoms with E-state index in [1.807, 2.05) is 18.2 Å². The molecule has 0 amide bonds. The van der Waals surface area contributed by atoms with Crippen LogP contribution in [0.3, 0.4) is 0 Å². The minimum atomic E-state index is -0.333. The highest BCUT2D eigenvalue weighted by atomic mass is 16.5. The summed E-state index contributed by atoms with van der Waals surface area (Å²) in [6.45, 7) is 3.19. The second-order valence-corrected chi connectivity index (χ2v) is 5.59. The molecule has 1 saturated carbocycles. The number of benzene rings is 1. The summed E-state index contributed by atoms with van der Waals surface area (Å²) in [5.41, 5.74) is 7.17. The van der Waals surface area contributed by atoms with Gasteiger partial charge in [-0.15, -0.1) is 0 Å². The van der Waals surface area contributed by atoms with E-state index in [0.717, 1.165) is 19.3 Å². The fourth-order valence-electron chi connectivity index (χ4n) is 2.52. The van der Waals surface area contributed by atoms with Gasteiger partial charge >= 0.3 is 0 Å². The smallest absolute Gasteiger partial charge is 0.237 e. The fourth-order valence-corrected chi connectivity index (χ4v) is 2.52. The lowest BCUT2D eigenvalue weighted by atomic mass is 9.96. The summed E-state index contributed by atoms with van der Waals surface area (Å²) in [6, 6.07) is 9.98. The van der Waals surface area contributed by atoms with Gasteiger partial charge in [-0.3, -0.25) is 0 Å². The van der Waals surface area contributed by atoms with E-state index in [0.29, 0.717) is 24.9 Å². The molecule has 5 nitrogen and oxygen atoms in total. The third-order valence-electron chi connectivity index (χ3n) is 3.91. The molecule has 1 aromatic heterocycles. The molecule has 3 rings (SSSR count). The van der Waals surface area contributed by atoms with E-state index in [1.165, 1.54) is 5.56 Å². The molecule has 0 spiro atoms. The van der Waals surface area contributed by atoms with Gasteiger partial charge in [-0.2, -0.15) is 4.98 Å². The number of rotatable bonds is 7. The van der Waals surface area contributed by atoms with Crippen LogP contribution >= 0.6 is 0 Å². The molecule has 21 heavy (non-hydrogen) atoms. The van der Waals surface area contributed by atoms with Gasteiger partial charge in [0, 0.05) is 6.61 Å². The first kappa shape index (κ1) is 14.2. The predicted octanol–water partition coefficient (Wildman–Crippen LogP) is 2.58. The van der Waals surface area contributed by atoms with Crippen LogP contribution < -0.4 is 5.73 Å². The van der Waals surface area contributed by atoms with Crippen LogP contribution in [0.4, 0.5) is 0 Å². The van der Waals surface area contributed by atoms with Crippen LogP contribution in [-0.4, -0.2) is 23.4 Å². The SMILES string of the molecule is CCCOCC(N)c1noc(C2(c3ccccc3)CC2)n1. The number of hydrogen-bond acceptors (Lipinski definition) is 5. The van der Waals surface area contributed by atoms with Crippen molar-refractivity contribution in [3.05, 3.63) is 47.6 Å². The van der Waals surface area contributed by atoms with Gasteiger partial charge in [-0.25, -0.2) is 0 Å². The lowest BCUT2D eigenvalue weighted by Gasteiger charge is -2.10. The second-order valence-electron chi connectivity index (χ2n) is 5.59. The van der Waals surface area contributed by atoms with Gasteiger partial charge in [-0.1, -0.05) is 42.4 Å². The largest absolute Gasteiger partial charge is 0.379 e. The van der Waals surface area contributed by atoms with Crippen molar-refractivity contribution in [2.45, 2.75) is 37.6 Å². The normalized spacial score (nSPS) is 17.6. The van der Waals surface area contributed by atoms with Crippen molar-refractivity contribution in [2.75, 3.05) is 13.2 Å². The Bertz CT molecular complexity index is 578. The molecule has 0 saturated heterocycles. The highest BCUT2D eigenvalue weighted by molar-refractivity contribution is 5.38. The third kappa shape index (κ3) is 2.84. The average Bonchev–Trinajstić information content (AvgIpc) is 3.18. The van der Waals surface area contributed by atoms with Crippen LogP contribution in [0.5, 0.6) is 0 Å². The maximum Gasteiger partial charge on any atom is 0.237 e. The summed E-state index contributed by atoms with van der Waals surface area (Å²) in [4.78, 5) is 4.52. The molecule has 2 N–H and O–H groups in total. The van der Waals surface area contributed by atoms with Crippen LogP contribution in [0.2, 0.25) is 0 Å². The molecule has 5 heteroatoms. The van der Waals surface area contributed by atoms with Gasteiger partial charge < -0.3 is 15.0 Å². The first-order chi connectivity index (χ1) is 10.3. The van der Waals surface area contributed by atoms with Gasteiger partial charge in [-0.05, 0) is 24.8 Å². The molecular weight excluding hydrogens is 266 g/mol. The van der Waals surface area contributed by atoms with Crippen LogP contribution in [0, 0.1) is 0 Å². The Kier molecular flexibility index (Phi) is 4.03. The summed E-state index contributed by atoms with van der Waals surface area (Å²) in [7, 11) is 0. The standard InChI is InChI=1S/C16H21N3O2/c1-2-10-20-11-13(17)14-18-15(21-19-14)16(8-9-16)12-6-4-3-5-7-12/h3-7,13H,2,8-11,17H2,1H3. The van der Waals surface area contributed by atoms with Gasteiger partial charge in [0.15, 0.2) is 5.82 Å². The van der Waals surface area contributed by atoms with E-state index in [2.05, 4.69) is 29.2 Å². The minimum absolute atomic E-state index is 0.101. The highest BCUT2D eigenvalue weighted by Crippen LogP contribution is 2.52. The molecular formula is C16H21N3O2. The van der Waals surface area contributed by atoms with E-state index in [9.17, 15) is 0 Å². The molecule has 0 aliphatic heterocycles. The first-order valence-electron chi connectivity index (χ1n) is 7.49. The Morgan fingerprint density at radius 2 is 2.10 bits per heavy atom. The van der Waals surface area contributed by atoms with Crippen molar-refractivity contribution in [3.8, 4) is 0 Å². The molecule has 1 aliphatic carbocycles. The van der Waals surface area contributed by atoms with Crippen LogP contribution in [0.15, 0.2) is 34.9 Å². The molecule has 1 unspecified atom stereocenters. The second kappa shape index (κ2) is 5.95. The van der Waals surface area contributed by atoms with Gasteiger partial charge in [0.1, 0.15) is 0 Å². The topological polar surface area (TPSA) is 74.2 Å². The van der Waals surface area contributed by atoms with Crippen molar-refractivity contribution in [1.29, 1.82) is 0 Å². The monoisotopic (exact) mass is 287 g/mol. The Morgan fingerprint density at radius 3 is 2.76 bits per heavy atom. The van der Waals surface area contributed by atoms with E-state index in [4.69, 9.17) is 15.0 Å². The number of ether oxygens (including phenoxy) is 1. The Hall–Kier alpha value is -1.72. The van der Waals surface area contributed by atoms with Crippen molar-refractivity contribution >= 4 is 0 Å². The molecule has 1 fully saturated rings. The molecule has 0 bridgehead atoms. The predicted molar refractivity (Wildman–Crippen MR) is 78.8 cm³/mol. The van der Waals surface area contributed by atoms with E-state index < -0.39 is 0 Å². The fraction of sp³-hybridized carbons (Fsp3) is 0.500. The zero-order valence-corrected chi connectivity index (χ0v) is 12.3. The van der Waals surface area contributed by atoms with E-state index in [-0.39, 0.29) is 11.5 Å².